The zero-order valence-corrected chi connectivity index (χ0v) is 18.2. The Bertz CT molecular complexity index is 1210. The first-order valence-electron chi connectivity index (χ1n) is 11.0. The number of H-pyrrole nitrogens is 1. The van der Waals surface area contributed by atoms with Gasteiger partial charge in [0.2, 0.25) is 5.91 Å². The molecule has 0 saturated carbocycles. The third-order valence-electron chi connectivity index (χ3n) is 6.56. The molecule has 2 saturated heterocycles. The summed E-state index contributed by atoms with van der Waals surface area (Å²) >= 11 is 0. The minimum atomic E-state index is -1.34. The average Bonchev–Trinajstić information content (AvgIpc) is 3.35. The summed E-state index contributed by atoms with van der Waals surface area (Å²) in [5.41, 5.74) is 0.954. The minimum Gasteiger partial charge on any atom is -0.342 e. The molecule has 2 unspecified atom stereocenters. The molecule has 0 aliphatic carbocycles. The Kier molecular flexibility index (Phi) is 5.11. The molecule has 9 heteroatoms. The van der Waals surface area contributed by atoms with Crippen molar-refractivity contribution in [3.8, 4) is 0 Å². The van der Waals surface area contributed by atoms with Gasteiger partial charge in [-0.1, -0.05) is 24.3 Å². The Morgan fingerprint density at radius 1 is 1.18 bits per heavy atom. The van der Waals surface area contributed by atoms with Gasteiger partial charge in [0.15, 0.2) is 0 Å². The summed E-state index contributed by atoms with van der Waals surface area (Å²) in [6.45, 7) is 2.25. The number of imide groups is 1. The van der Waals surface area contributed by atoms with E-state index in [-0.39, 0.29) is 18.4 Å². The number of para-hydroxylation sites is 2. The summed E-state index contributed by atoms with van der Waals surface area (Å²) in [6, 6.07) is 12.5. The maximum atomic E-state index is 13.3. The van der Waals surface area contributed by atoms with Gasteiger partial charge in [0, 0.05) is 19.0 Å². The fourth-order valence-electron chi connectivity index (χ4n) is 4.65. The molecule has 8 nitrogen and oxygen atoms in total. The summed E-state index contributed by atoms with van der Waals surface area (Å²) in [6.07, 6.45) is 1.70. The van der Waals surface area contributed by atoms with Crippen LogP contribution in [0.25, 0.3) is 11.0 Å². The Morgan fingerprint density at radius 2 is 1.94 bits per heavy atom. The quantitative estimate of drug-likeness (QED) is 0.599. The van der Waals surface area contributed by atoms with Crippen molar-refractivity contribution in [1.29, 1.82) is 0 Å². The number of hydrogen-bond donors (Lipinski definition) is 2. The van der Waals surface area contributed by atoms with Gasteiger partial charge in [0.25, 0.3) is 5.91 Å². The molecule has 2 aliphatic rings. The molecular weight excluding hydrogens is 425 g/mol. The van der Waals surface area contributed by atoms with Crippen LogP contribution in [-0.2, 0) is 15.1 Å². The fourth-order valence-corrected chi connectivity index (χ4v) is 4.65. The molecule has 0 radical (unpaired) electrons. The van der Waals surface area contributed by atoms with Gasteiger partial charge in [-0.2, -0.15) is 0 Å². The monoisotopic (exact) mass is 449 g/mol. The Balaban J connectivity index is 1.29. The molecule has 170 valence electrons. The Hall–Kier alpha value is -3.75. The molecule has 2 atom stereocenters. The fraction of sp³-hybridized carbons (Fsp3) is 0.333. The van der Waals surface area contributed by atoms with Crippen LogP contribution in [0.3, 0.4) is 0 Å². The molecule has 5 rings (SSSR count). The number of urea groups is 1. The molecule has 2 aliphatic heterocycles. The number of nitrogens with zero attached hydrogens (tertiary/aromatic N) is 3. The van der Waals surface area contributed by atoms with E-state index in [9.17, 15) is 18.8 Å². The van der Waals surface area contributed by atoms with E-state index < -0.39 is 23.3 Å². The molecule has 33 heavy (non-hydrogen) atoms. The predicted octanol–water partition coefficient (Wildman–Crippen LogP) is 2.88. The van der Waals surface area contributed by atoms with Crippen LogP contribution in [0.1, 0.15) is 37.1 Å². The van der Waals surface area contributed by atoms with E-state index in [1.807, 2.05) is 24.3 Å². The molecular formula is C24H24FN5O3. The van der Waals surface area contributed by atoms with Crippen LogP contribution in [-0.4, -0.2) is 57.2 Å². The van der Waals surface area contributed by atoms with E-state index in [1.54, 1.807) is 11.8 Å². The maximum absolute atomic E-state index is 13.3. The number of amides is 4. The highest BCUT2D eigenvalue weighted by Crippen LogP contribution is 2.30. The number of hydrogen-bond acceptors (Lipinski definition) is 4. The zero-order chi connectivity index (χ0) is 23.2. The molecule has 4 amide bonds. The first kappa shape index (κ1) is 21.1. The van der Waals surface area contributed by atoms with Gasteiger partial charge in [-0.3, -0.25) is 14.5 Å². The number of benzene rings is 2. The Morgan fingerprint density at radius 3 is 2.70 bits per heavy atom. The van der Waals surface area contributed by atoms with E-state index in [1.165, 1.54) is 24.3 Å². The first-order valence-corrected chi connectivity index (χ1v) is 11.0. The van der Waals surface area contributed by atoms with Gasteiger partial charge in [0.05, 0.1) is 11.0 Å². The number of carbonyl (C=O) groups is 3. The lowest BCUT2D eigenvalue weighted by Crippen LogP contribution is -2.47. The largest absolute Gasteiger partial charge is 0.342 e. The van der Waals surface area contributed by atoms with E-state index >= 15 is 0 Å². The lowest BCUT2D eigenvalue weighted by Gasteiger charge is -2.32. The molecule has 3 aromatic rings. The number of halogens is 1. The SMILES string of the molecule is CC1(c2ccc(F)cc2)NC(=O)N(CC(=O)N2CCCC(c3nc4ccccc4[nH]3)C2)C1=O. The number of piperidine rings is 1. The highest BCUT2D eigenvalue weighted by atomic mass is 19.1. The van der Waals surface area contributed by atoms with Crippen LogP contribution in [0.4, 0.5) is 9.18 Å². The van der Waals surface area contributed by atoms with Crippen molar-refractivity contribution in [2.75, 3.05) is 19.6 Å². The number of fused-ring (bicyclic) bond motifs is 1. The summed E-state index contributed by atoms with van der Waals surface area (Å²) in [7, 11) is 0. The van der Waals surface area contributed by atoms with Crippen LogP contribution in [0, 0.1) is 5.82 Å². The standard InChI is InChI=1S/C24H24FN5O3/c1-24(16-8-10-17(25)11-9-16)22(32)30(23(33)28-24)14-20(31)29-12-4-5-15(13-29)21-26-18-6-2-3-7-19(18)27-21/h2-3,6-11,15H,4-5,12-14H2,1H3,(H,26,27)(H,28,33). The molecule has 2 N–H and O–H groups in total. The van der Waals surface area contributed by atoms with Gasteiger partial charge in [-0.25, -0.2) is 14.2 Å². The van der Waals surface area contributed by atoms with Crippen LogP contribution >= 0.6 is 0 Å². The third kappa shape index (κ3) is 3.73. The third-order valence-corrected chi connectivity index (χ3v) is 6.56. The number of rotatable bonds is 4. The van der Waals surface area contributed by atoms with Crippen molar-refractivity contribution in [2.45, 2.75) is 31.2 Å². The highest BCUT2D eigenvalue weighted by molar-refractivity contribution is 6.09. The molecule has 0 bridgehead atoms. The van der Waals surface area contributed by atoms with Crippen molar-refractivity contribution in [3.63, 3.8) is 0 Å². The predicted molar refractivity (Wildman–Crippen MR) is 119 cm³/mol. The molecule has 3 heterocycles. The van der Waals surface area contributed by atoms with Crippen molar-refractivity contribution < 1.29 is 18.8 Å². The maximum Gasteiger partial charge on any atom is 0.325 e. The van der Waals surface area contributed by atoms with Crippen LogP contribution in [0.2, 0.25) is 0 Å². The number of aromatic amines is 1. The minimum absolute atomic E-state index is 0.0580. The first-order chi connectivity index (χ1) is 15.8. The van der Waals surface area contributed by atoms with E-state index in [0.29, 0.717) is 18.7 Å². The number of likely N-dealkylation sites (tertiary alicyclic amines) is 1. The van der Waals surface area contributed by atoms with Crippen LogP contribution in [0.15, 0.2) is 48.5 Å². The zero-order valence-electron chi connectivity index (χ0n) is 18.2. The van der Waals surface area contributed by atoms with Crippen molar-refractivity contribution >= 4 is 28.9 Å². The summed E-state index contributed by atoms with van der Waals surface area (Å²) in [5.74, 6) is -0.355. The van der Waals surface area contributed by atoms with E-state index in [4.69, 9.17) is 0 Å². The second-order valence-corrected chi connectivity index (χ2v) is 8.77. The van der Waals surface area contributed by atoms with Crippen molar-refractivity contribution in [1.82, 2.24) is 25.1 Å². The van der Waals surface area contributed by atoms with Crippen LogP contribution < -0.4 is 5.32 Å². The normalized spacial score (nSPS) is 23.3. The second kappa shape index (κ2) is 7.99. The number of imidazole rings is 1. The van der Waals surface area contributed by atoms with E-state index in [2.05, 4.69) is 15.3 Å². The van der Waals surface area contributed by atoms with Gasteiger partial charge in [-0.15, -0.1) is 0 Å². The summed E-state index contributed by atoms with van der Waals surface area (Å²) < 4.78 is 13.3. The second-order valence-electron chi connectivity index (χ2n) is 8.77. The molecule has 0 spiro atoms. The van der Waals surface area contributed by atoms with Crippen molar-refractivity contribution in [3.05, 3.63) is 65.7 Å². The Labute approximate surface area is 189 Å². The van der Waals surface area contributed by atoms with Gasteiger partial charge >= 0.3 is 6.03 Å². The lowest BCUT2D eigenvalue weighted by atomic mass is 9.92. The lowest BCUT2D eigenvalue weighted by molar-refractivity contribution is -0.139. The van der Waals surface area contributed by atoms with Gasteiger partial charge in [-0.05, 0) is 49.6 Å². The van der Waals surface area contributed by atoms with E-state index in [0.717, 1.165) is 34.6 Å². The molecule has 2 fully saturated rings. The number of aromatic nitrogens is 2. The van der Waals surface area contributed by atoms with Gasteiger partial charge in [0.1, 0.15) is 23.7 Å². The molecule has 2 aromatic carbocycles. The summed E-state index contributed by atoms with van der Waals surface area (Å²) in [5, 5.41) is 2.65. The van der Waals surface area contributed by atoms with Crippen molar-refractivity contribution in [2.24, 2.45) is 0 Å². The molecule has 1 aromatic heterocycles. The van der Waals surface area contributed by atoms with Crippen LogP contribution in [0.5, 0.6) is 0 Å². The highest BCUT2D eigenvalue weighted by Gasteiger charge is 2.49. The topological polar surface area (TPSA) is 98.4 Å². The number of nitrogens with one attached hydrogen (secondary N) is 2. The smallest absolute Gasteiger partial charge is 0.325 e. The summed E-state index contributed by atoms with van der Waals surface area (Å²) in [4.78, 5) is 49.4. The average molecular weight is 449 g/mol. The van der Waals surface area contributed by atoms with Gasteiger partial charge < -0.3 is 15.2 Å². The number of carbonyl (C=O) groups excluding carboxylic acids is 3.